The lowest BCUT2D eigenvalue weighted by Crippen LogP contribution is -2.29. The van der Waals surface area contributed by atoms with Crippen LogP contribution >= 0.6 is 11.3 Å². The van der Waals surface area contributed by atoms with Crippen molar-refractivity contribution in [2.24, 2.45) is 0 Å². The summed E-state index contributed by atoms with van der Waals surface area (Å²) in [5.74, 6) is 0.0507. The maximum absolute atomic E-state index is 12.9. The van der Waals surface area contributed by atoms with Crippen molar-refractivity contribution in [2.75, 3.05) is 13.2 Å². The number of thiophene rings is 1. The molecule has 1 amide bonds. The van der Waals surface area contributed by atoms with Crippen LogP contribution in [0.5, 0.6) is 0 Å². The first-order valence-electron chi connectivity index (χ1n) is 7.79. The molecule has 2 aromatic heterocycles. The number of carbonyl (C=O) groups is 1. The topological polar surface area (TPSA) is 64.4 Å². The van der Waals surface area contributed by atoms with E-state index in [0.29, 0.717) is 18.0 Å². The Morgan fingerprint density at radius 3 is 2.88 bits per heavy atom. The van der Waals surface area contributed by atoms with E-state index in [1.54, 1.807) is 29.5 Å². The van der Waals surface area contributed by atoms with Crippen LogP contribution in [-0.4, -0.2) is 24.2 Å². The van der Waals surface area contributed by atoms with E-state index < -0.39 is 0 Å². The van der Waals surface area contributed by atoms with E-state index in [9.17, 15) is 9.18 Å². The second-order valence-corrected chi connectivity index (χ2v) is 6.39. The molecule has 1 N–H and O–H groups in total. The zero-order valence-corrected chi connectivity index (χ0v) is 14.2. The number of benzene rings is 1. The van der Waals surface area contributed by atoms with Crippen molar-refractivity contribution in [3.8, 4) is 11.3 Å². The zero-order valence-electron chi connectivity index (χ0n) is 13.4. The van der Waals surface area contributed by atoms with Crippen LogP contribution in [0.15, 0.2) is 52.4 Å². The fraction of sp³-hybridized carbons (Fsp3) is 0.222. The largest absolute Gasteiger partial charge is 0.365 e. The van der Waals surface area contributed by atoms with Crippen molar-refractivity contribution in [1.82, 2.24) is 10.5 Å². The highest BCUT2D eigenvalue weighted by Crippen LogP contribution is 2.20. The standard InChI is InChI=1S/C18H17FN2O3S/c19-14-5-3-13(4-6-14)17-10-15(21-24-17)11-23-12-18(22)20-8-7-16-2-1-9-25-16/h1-6,9-10H,7-8,11-12H2,(H,20,22). The maximum atomic E-state index is 12.9. The number of aromatic nitrogens is 1. The Morgan fingerprint density at radius 1 is 1.28 bits per heavy atom. The van der Waals surface area contributed by atoms with Crippen LogP contribution in [-0.2, 0) is 22.6 Å². The van der Waals surface area contributed by atoms with Crippen LogP contribution in [0.25, 0.3) is 11.3 Å². The SMILES string of the molecule is O=C(COCc1cc(-c2ccc(F)cc2)on1)NCCc1cccs1. The molecule has 3 aromatic rings. The molecule has 130 valence electrons. The van der Waals surface area contributed by atoms with E-state index in [2.05, 4.69) is 10.5 Å². The molecule has 7 heteroatoms. The highest BCUT2D eigenvalue weighted by molar-refractivity contribution is 7.09. The Kier molecular flexibility index (Phi) is 5.92. The van der Waals surface area contributed by atoms with Gasteiger partial charge in [-0.15, -0.1) is 11.3 Å². The molecule has 2 heterocycles. The highest BCUT2D eigenvalue weighted by Gasteiger charge is 2.08. The molecule has 0 saturated heterocycles. The fourth-order valence-corrected chi connectivity index (χ4v) is 2.92. The molecule has 0 bridgehead atoms. The molecule has 1 aromatic carbocycles. The van der Waals surface area contributed by atoms with Gasteiger partial charge in [0, 0.05) is 23.1 Å². The van der Waals surface area contributed by atoms with Crippen LogP contribution in [0.1, 0.15) is 10.6 Å². The molecule has 0 atom stereocenters. The molecular formula is C18H17FN2O3S. The summed E-state index contributed by atoms with van der Waals surface area (Å²) in [4.78, 5) is 12.9. The second kappa shape index (κ2) is 8.55. The smallest absolute Gasteiger partial charge is 0.246 e. The van der Waals surface area contributed by atoms with Gasteiger partial charge in [0.25, 0.3) is 0 Å². The zero-order chi connectivity index (χ0) is 17.5. The number of rotatable bonds is 8. The molecule has 25 heavy (non-hydrogen) atoms. The summed E-state index contributed by atoms with van der Waals surface area (Å²) in [5.41, 5.74) is 1.30. The summed E-state index contributed by atoms with van der Waals surface area (Å²) in [6.45, 7) is 0.716. The lowest BCUT2D eigenvalue weighted by atomic mass is 10.1. The van der Waals surface area contributed by atoms with Gasteiger partial charge in [-0.05, 0) is 42.1 Å². The number of halogens is 1. The van der Waals surface area contributed by atoms with Crippen LogP contribution in [0.3, 0.4) is 0 Å². The Morgan fingerprint density at radius 2 is 2.12 bits per heavy atom. The van der Waals surface area contributed by atoms with Gasteiger partial charge >= 0.3 is 0 Å². The second-order valence-electron chi connectivity index (χ2n) is 5.36. The first-order chi connectivity index (χ1) is 12.2. The van der Waals surface area contributed by atoms with Gasteiger partial charge < -0.3 is 14.6 Å². The molecule has 0 aliphatic carbocycles. The Hall–Kier alpha value is -2.51. The van der Waals surface area contributed by atoms with E-state index in [4.69, 9.17) is 9.26 Å². The number of ether oxygens (including phenoxy) is 1. The van der Waals surface area contributed by atoms with Crippen molar-refractivity contribution in [3.05, 3.63) is 64.2 Å². The summed E-state index contributed by atoms with van der Waals surface area (Å²) >= 11 is 1.67. The third-order valence-electron chi connectivity index (χ3n) is 3.44. The van der Waals surface area contributed by atoms with Crippen LogP contribution < -0.4 is 5.32 Å². The molecule has 0 radical (unpaired) electrons. The van der Waals surface area contributed by atoms with E-state index >= 15 is 0 Å². The molecular weight excluding hydrogens is 343 g/mol. The Balaban J connectivity index is 1.38. The van der Waals surface area contributed by atoms with E-state index in [-0.39, 0.29) is 24.9 Å². The molecule has 3 rings (SSSR count). The van der Waals surface area contributed by atoms with Crippen LogP contribution in [0, 0.1) is 5.82 Å². The van der Waals surface area contributed by atoms with Gasteiger partial charge in [-0.2, -0.15) is 0 Å². The predicted molar refractivity (Wildman–Crippen MR) is 92.6 cm³/mol. The minimum absolute atomic E-state index is 0.0385. The summed E-state index contributed by atoms with van der Waals surface area (Å²) in [5, 5.41) is 8.70. The molecule has 0 aliphatic rings. The van der Waals surface area contributed by atoms with Gasteiger partial charge in [-0.1, -0.05) is 11.2 Å². The number of nitrogens with one attached hydrogen (secondary N) is 1. The van der Waals surface area contributed by atoms with E-state index in [0.717, 1.165) is 12.0 Å². The highest BCUT2D eigenvalue weighted by atomic mass is 32.1. The quantitative estimate of drug-likeness (QED) is 0.669. The van der Waals surface area contributed by atoms with Crippen molar-refractivity contribution in [1.29, 1.82) is 0 Å². The number of nitrogens with zero attached hydrogens (tertiary/aromatic N) is 1. The van der Waals surface area contributed by atoms with Gasteiger partial charge in [0.15, 0.2) is 5.76 Å². The van der Waals surface area contributed by atoms with Gasteiger partial charge in [-0.3, -0.25) is 4.79 Å². The van der Waals surface area contributed by atoms with Gasteiger partial charge in [0.1, 0.15) is 18.1 Å². The summed E-state index contributed by atoms with van der Waals surface area (Å²) in [6, 6.07) is 11.7. The average molecular weight is 360 g/mol. The summed E-state index contributed by atoms with van der Waals surface area (Å²) in [6.07, 6.45) is 0.813. The molecule has 0 fully saturated rings. The minimum atomic E-state index is -0.308. The van der Waals surface area contributed by atoms with E-state index in [1.807, 2.05) is 17.5 Å². The molecule has 0 unspecified atom stereocenters. The Labute approximate surface area is 148 Å². The lowest BCUT2D eigenvalue weighted by Gasteiger charge is -2.04. The van der Waals surface area contributed by atoms with Crippen LogP contribution in [0.2, 0.25) is 0 Å². The Bertz CT molecular complexity index is 800. The third-order valence-corrected chi connectivity index (χ3v) is 4.38. The lowest BCUT2D eigenvalue weighted by molar-refractivity contribution is -0.126. The number of hydrogen-bond donors (Lipinski definition) is 1. The first-order valence-corrected chi connectivity index (χ1v) is 8.67. The van der Waals surface area contributed by atoms with Gasteiger partial charge in [0.05, 0.1) is 6.61 Å². The monoisotopic (exact) mass is 360 g/mol. The molecule has 0 spiro atoms. The van der Waals surface area contributed by atoms with Gasteiger partial charge in [-0.25, -0.2) is 4.39 Å². The summed E-state index contributed by atoms with van der Waals surface area (Å²) in [7, 11) is 0. The number of hydrogen-bond acceptors (Lipinski definition) is 5. The van der Waals surface area contributed by atoms with Crippen molar-refractivity contribution in [3.63, 3.8) is 0 Å². The van der Waals surface area contributed by atoms with E-state index in [1.165, 1.54) is 17.0 Å². The van der Waals surface area contributed by atoms with Crippen molar-refractivity contribution in [2.45, 2.75) is 13.0 Å². The maximum Gasteiger partial charge on any atom is 0.246 e. The molecule has 0 aliphatic heterocycles. The third kappa shape index (κ3) is 5.23. The van der Waals surface area contributed by atoms with Crippen LogP contribution in [0.4, 0.5) is 4.39 Å². The first kappa shape index (κ1) is 17.3. The fourth-order valence-electron chi connectivity index (χ4n) is 2.21. The number of carbonyl (C=O) groups excluding carboxylic acids is 1. The number of amides is 1. The molecule has 0 saturated carbocycles. The predicted octanol–water partition coefficient (Wildman–Crippen LogP) is 3.42. The van der Waals surface area contributed by atoms with Crippen molar-refractivity contribution < 1.29 is 18.4 Å². The van der Waals surface area contributed by atoms with Gasteiger partial charge in [0.2, 0.25) is 5.91 Å². The summed E-state index contributed by atoms with van der Waals surface area (Å²) < 4.78 is 23.5. The minimum Gasteiger partial charge on any atom is -0.365 e. The molecule has 5 nitrogen and oxygen atoms in total. The average Bonchev–Trinajstić information content (AvgIpc) is 3.28. The van der Waals surface area contributed by atoms with Crippen molar-refractivity contribution >= 4 is 17.2 Å². The normalized spacial score (nSPS) is 10.8.